The van der Waals surface area contributed by atoms with Gasteiger partial charge in [0.25, 0.3) is 0 Å². The Morgan fingerprint density at radius 1 is 1.29 bits per heavy atom. The fourth-order valence-electron chi connectivity index (χ4n) is 1.72. The number of rotatable bonds is 3. The molecule has 86 valence electrons. The number of hydrogen-bond donors (Lipinski definition) is 1. The number of nitrogens with zero attached hydrogens (tertiary/aromatic N) is 3. The van der Waals surface area contributed by atoms with Gasteiger partial charge in [-0.2, -0.15) is 0 Å². The molecule has 0 unspecified atom stereocenters. The van der Waals surface area contributed by atoms with Crippen molar-refractivity contribution in [1.29, 1.82) is 0 Å². The Bertz CT molecular complexity index is 608. The van der Waals surface area contributed by atoms with Crippen molar-refractivity contribution in [3.05, 3.63) is 36.8 Å². The molecule has 2 N–H and O–H groups in total. The largest absolute Gasteiger partial charge is 0.435 e. The van der Waals surface area contributed by atoms with Gasteiger partial charge in [-0.25, -0.2) is 9.97 Å². The number of aromatic nitrogens is 3. The fourth-order valence-corrected chi connectivity index (χ4v) is 1.72. The maximum Gasteiger partial charge on any atom is 0.247 e. The summed E-state index contributed by atoms with van der Waals surface area (Å²) in [6.45, 7) is 1.33. The summed E-state index contributed by atoms with van der Waals surface area (Å²) >= 11 is 0. The van der Waals surface area contributed by atoms with Gasteiger partial charge >= 0.3 is 0 Å². The minimum absolute atomic E-state index is 0.543. The maximum absolute atomic E-state index is 5.63. The molecule has 0 spiro atoms. The van der Waals surface area contributed by atoms with Crippen molar-refractivity contribution in [2.75, 3.05) is 6.54 Å². The van der Waals surface area contributed by atoms with E-state index in [9.17, 15) is 0 Å². The fraction of sp³-hybridized carbons (Fsp3) is 0.167. The van der Waals surface area contributed by atoms with Crippen LogP contribution in [0, 0.1) is 0 Å². The van der Waals surface area contributed by atoms with Crippen LogP contribution in [0.2, 0.25) is 0 Å². The molecule has 0 atom stereocenters. The first kappa shape index (κ1) is 10.0. The van der Waals surface area contributed by atoms with Gasteiger partial charge in [0.2, 0.25) is 5.89 Å². The lowest BCUT2D eigenvalue weighted by atomic mass is 10.3. The highest BCUT2D eigenvalue weighted by atomic mass is 16.3. The van der Waals surface area contributed by atoms with Gasteiger partial charge in [0.1, 0.15) is 11.2 Å². The van der Waals surface area contributed by atoms with Gasteiger partial charge in [-0.05, 0) is 12.1 Å². The van der Waals surface area contributed by atoms with Crippen LogP contribution in [0.3, 0.4) is 0 Å². The molecule has 3 aromatic rings. The number of nitrogens with two attached hydrogens (primary N) is 1. The van der Waals surface area contributed by atoms with E-state index in [4.69, 9.17) is 10.2 Å². The molecular weight excluding hydrogens is 216 g/mol. The van der Waals surface area contributed by atoms with Crippen molar-refractivity contribution in [2.24, 2.45) is 5.73 Å². The normalized spacial score (nSPS) is 11.1. The zero-order valence-corrected chi connectivity index (χ0v) is 9.21. The molecule has 0 saturated carbocycles. The summed E-state index contributed by atoms with van der Waals surface area (Å²) in [5, 5.41) is 0. The third kappa shape index (κ3) is 1.81. The molecule has 0 aliphatic heterocycles. The molecule has 0 saturated heterocycles. The average molecular weight is 228 g/mol. The summed E-state index contributed by atoms with van der Waals surface area (Å²) in [4.78, 5) is 8.63. The molecule has 0 bridgehead atoms. The van der Waals surface area contributed by atoms with Crippen molar-refractivity contribution in [1.82, 2.24) is 14.5 Å². The quantitative estimate of drug-likeness (QED) is 0.740. The number of hydrogen-bond acceptors (Lipinski definition) is 4. The summed E-state index contributed by atoms with van der Waals surface area (Å²) in [5.74, 6) is 0.543. The van der Waals surface area contributed by atoms with Gasteiger partial charge in [-0.1, -0.05) is 12.1 Å². The van der Waals surface area contributed by atoms with Crippen molar-refractivity contribution >= 4 is 11.1 Å². The standard InChI is InChI=1S/C12H12N4O/c13-5-6-16-7-10(14-8-16)12-15-9-3-1-2-4-11(9)17-12/h1-4,7-8H,5-6,13H2. The molecule has 17 heavy (non-hydrogen) atoms. The Kier molecular flexibility index (Phi) is 2.38. The van der Waals surface area contributed by atoms with Crippen LogP contribution < -0.4 is 5.73 Å². The van der Waals surface area contributed by atoms with Crippen LogP contribution in [0.25, 0.3) is 22.7 Å². The second kappa shape index (κ2) is 4.03. The van der Waals surface area contributed by atoms with Crippen LogP contribution in [-0.2, 0) is 6.54 Å². The van der Waals surface area contributed by atoms with E-state index in [2.05, 4.69) is 9.97 Å². The Balaban J connectivity index is 2.01. The number of benzene rings is 1. The van der Waals surface area contributed by atoms with E-state index in [1.165, 1.54) is 0 Å². The second-order valence-corrected chi connectivity index (χ2v) is 3.77. The van der Waals surface area contributed by atoms with Crippen LogP contribution >= 0.6 is 0 Å². The molecule has 1 aromatic carbocycles. The van der Waals surface area contributed by atoms with Gasteiger partial charge in [0, 0.05) is 19.3 Å². The summed E-state index contributed by atoms with van der Waals surface area (Å²) in [5.41, 5.74) is 7.83. The number of imidazole rings is 1. The van der Waals surface area contributed by atoms with Crippen molar-refractivity contribution in [2.45, 2.75) is 6.54 Å². The van der Waals surface area contributed by atoms with Crippen molar-refractivity contribution < 1.29 is 4.42 Å². The van der Waals surface area contributed by atoms with E-state index in [0.717, 1.165) is 23.3 Å². The minimum Gasteiger partial charge on any atom is -0.435 e. The van der Waals surface area contributed by atoms with Crippen LogP contribution in [-0.4, -0.2) is 21.1 Å². The lowest BCUT2D eigenvalue weighted by Crippen LogP contribution is -2.07. The number of oxazole rings is 1. The first-order chi connectivity index (χ1) is 8.36. The third-order valence-corrected chi connectivity index (χ3v) is 2.53. The number of fused-ring (bicyclic) bond motifs is 1. The van der Waals surface area contributed by atoms with Crippen LogP contribution in [0.4, 0.5) is 0 Å². The lowest BCUT2D eigenvalue weighted by Gasteiger charge is -1.94. The van der Waals surface area contributed by atoms with Gasteiger partial charge in [0.15, 0.2) is 5.58 Å². The minimum atomic E-state index is 0.543. The molecule has 5 nitrogen and oxygen atoms in total. The summed E-state index contributed by atoms with van der Waals surface area (Å²) < 4.78 is 7.55. The third-order valence-electron chi connectivity index (χ3n) is 2.53. The summed E-state index contributed by atoms with van der Waals surface area (Å²) in [7, 11) is 0. The highest BCUT2D eigenvalue weighted by molar-refractivity contribution is 5.75. The monoisotopic (exact) mass is 228 g/mol. The molecule has 0 fully saturated rings. The van der Waals surface area contributed by atoms with E-state index in [-0.39, 0.29) is 0 Å². The van der Waals surface area contributed by atoms with Crippen LogP contribution in [0.1, 0.15) is 0 Å². The Hall–Kier alpha value is -2.14. The molecule has 2 heterocycles. The van der Waals surface area contributed by atoms with Crippen LogP contribution in [0.5, 0.6) is 0 Å². The summed E-state index contributed by atoms with van der Waals surface area (Å²) in [6, 6.07) is 7.66. The van der Waals surface area contributed by atoms with E-state index in [1.54, 1.807) is 6.33 Å². The molecule has 5 heteroatoms. The first-order valence-corrected chi connectivity index (χ1v) is 5.44. The topological polar surface area (TPSA) is 69.9 Å². The Morgan fingerprint density at radius 2 is 2.18 bits per heavy atom. The van der Waals surface area contributed by atoms with E-state index in [0.29, 0.717) is 12.4 Å². The molecule has 0 radical (unpaired) electrons. The van der Waals surface area contributed by atoms with Gasteiger partial charge in [0.05, 0.1) is 6.33 Å². The van der Waals surface area contributed by atoms with E-state index >= 15 is 0 Å². The predicted octanol–water partition coefficient (Wildman–Crippen LogP) is 1.65. The lowest BCUT2D eigenvalue weighted by molar-refractivity contribution is 0.617. The SMILES string of the molecule is NCCn1cnc(-c2nc3ccccc3o2)c1. The smallest absolute Gasteiger partial charge is 0.247 e. The molecule has 0 aliphatic rings. The Labute approximate surface area is 97.9 Å². The molecular formula is C12H12N4O. The van der Waals surface area contributed by atoms with Crippen LogP contribution in [0.15, 0.2) is 41.2 Å². The second-order valence-electron chi connectivity index (χ2n) is 3.77. The predicted molar refractivity (Wildman–Crippen MR) is 64.3 cm³/mol. The Morgan fingerprint density at radius 3 is 3.00 bits per heavy atom. The molecule has 3 rings (SSSR count). The van der Waals surface area contributed by atoms with Gasteiger partial charge in [-0.3, -0.25) is 0 Å². The van der Waals surface area contributed by atoms with Gasteiger partial charge in [-0.15, -0.1) is 0 Å². The van der Waals surface area contributed by atoms with Crippen molar-refractivity contribution in [3.8, 4) is 11.6 Å². The molecule has 0 amide bonds. The number of para-hydroxylation sites is 2. The zero-order chi connectivity index (χ0) is 11.7. The van der Waals surface area contributed by atoms with Crippen molar-refractivity contribution in [3.63, 3.8) is 0 Å². The maximum atomic E-state index is 5.63. The zero-order valence-electron chi connectivity index (χ0n) is 9.21. The highest BCUT2D eigenvalue weighted by Gasteiger charge is 2.10. The molecule has 2 aromatic heterocycles. The highest BCUT2D eigenvalue weighted by Crippen LogP contribution is 2.22. The molecule has 0 aliphatic carbocycles. The van der Waals surface area contributed by atoms with E-state index < -0.39 is 0 Å². The average Bonchev–Trinajstić information content (AvgIpc) is 2.94. The van der Waals surface area contributed by atoms with Gasteiger partial charge < -0.3 is 14.7 Å². The first-order valence-electron chi connectivity index (χ1n) is 5.44. The summed E-state index contributed by atoms with van der Waals surface area (Å²) in [6.07, 6.45) is 3.62. The van der Waals surface area contributed by atoms with E-state index in [1.807, 2.05) is 35.0 Å².